The molecular weight excluding hydrogens is 1640 g/mol. The maximum atomic E-state index is 14.6. The second-order valence-corrected chi connectivity index (χ2v) is 35.4. The zero-order valence-corrected chi connectivity index (χ0v) is 70.6. The number of carbonyl (C=O) groups is 19. The highest BCUT2D eigenvalue weighted by Crippen LogP contribution is 2.33. The Bertz CT molecular complexity index is 4390. The second kappa shape index (κ2) is 40.2. The number of benzene rings is 1. The van der Waals surface area contributed by atoms with Gasteiger partial charge in [0.1, 0.15) is 79.0 Å². The number of nitrogens with two attached hydrogens (primary N) is 7. The third-order valence-electron chi connectivity index (χ3n) is 26.7. The summed E-state index contributed by atoms with van der Waals surface area (Å²) in [6, 6.07) is -8.29. The third-order valence-corrected chi connectivity index (χ3v) is 26.7. The van der Waals surface area contributed by atoms with Gasteiger partial charge in [0.25, 0.3) is 0 Å². The number of hydrogen-bond donors (Lipinski definition) is 14. The summed E-state index contributed by atoms with van der Waals surface area (Å²) in [5, 5.41) is 24.4. The normalized spacial score (nSPS) is 29.7. The Kier molecular flexibility index (Phi) is 29.6. The van der Waals surface area contributed by atoms with Gasteiger partial charge in [-0.2, -0.15) is 0 Å². The number of nitrogens with one attached hydrogen (secondary N) is 6. The number of aliphatic carboxylic acids is 1. The lowest BCUT2D eigenvalue weighted by molar-refractivity contribution is -0.148. The molecule has 0 radical (unpaired) electrons. The molecule has 12 aliphatic rings. The molecule has 12 fully saturated rings. The van der Waals surface area contributed by atoms with Gasteiger partial charge >= 0.3 is 5.97 Å². The van der Waals surface area contributed by atoms with E-state index in [0.717, 1.165) is 5.56 Å². The lowest BCUT2D eigenvalue weighted by atomic mass is 10.0. The molecule has 0 spiro atoms. The summed E-state index contributed by atoms with van der Waals surface area (Å²) in [6.07, 6.45) is 4.48. The third kappa shape index (κ3) is 20.4. The van der Waals surface area contributed by atoms with Crippen molar-refractivity contribution in [3.05, 3.63) is 35.9 Å². The SMILES string of the molecule is N[C@@H]1C[C@@H](C(=O)NCC(=O)O)N(C(=O)[C@@H]2CCCN2C(=O)CNC(=O)[C@@H]2C[C@@H](N)CN2C(=O)[C@@H]2CCCN2C(=O)CNC(=O)[C@@H]2C[C@@H](N)CN2C(=O)[C@@H]2CCCN2C(=O)CNC(=O)[C@@H]2C[C@@H](N)CN2C(=O)[C@@H]2CCCN2C(=O)CNC(=O)[C@@H]2C[C@@H](N)CN2C(=O)[C@@H]2CCCN2C(=O)CNC(=O)[C@@H]2C[C@@H](N)CN2C(=O)[C@@H]2CCCN2C(=O)[C@@H](N)Cc2ccccc2)C1. The van der Waals surface area contributed by atoms with Crippen molar-refractivity contribution in [2.45, 2.75) is 237 Å². The van der Waals surface area contributed by atoms with Crippen molar-refractivity contribution in [2.24, 2.45) is 40.1 Å². The van der Waals surface area contributed by atoms with E-state index < -0.39 is 260 Å². The first-order valence-electron chi connectivity index (χ1n) is 44.0. The summed E-state index contributed by atoms with van der Waals surface area (Å²) in [7, 11) is 0. The van der Waals surface area contributed by atoms with Crippen LogP contribution >= 0.6 is 0 Å². The summed E-state index contributed by atoms with van der Waals surface area (Å²) in [4.78, 5) is 279. The fourth-order valence-corrected chi connectivity index (χ4v) is 20.6. The van der Waals surface area contributed by atoms with Gasteiger partial charge in [0, 0.05) is 115 Å². The number of carbonyl (C=O) groups excluding carboxylic acids is 18. The van der Waals surface area contributed by atoms with Gasteiger partial charge in [-0.15, -0.1) is 0 Å². The van der Waals surface area contributed by atoms with Crippen LogP contribution < -0.4 is 72.0 Å². The molecule has 45 heteroatoms. The average Bonchev–Trinajstić information content (AvgIpc) is 1.66. The van der Waals surface area contributed by atoms with E-state index in [0.29, 0.717) is 51.5 Å². The van der Waals surface area contributed by atoms with Crippen LogP contribution in [0.25, 0.3) is 0 Å². The van der Waals surface area contributed by atoms with Crippen molar-refractivity contribution in [3.8, 4) is 0 Å². The van der Waals surface area contributed by atoms with E-state index in [1.807, 2.05) is 30.3 Å². The maximum Gasteiger partial charge on any atom is 0.322 e. The highest BCUT2D eigenvalue weighted by Gasteiger charge is 2.53. The van der Waals surface area contributed by atoms with Gasteiger partial charge in [-0.1, -0.05) is 30.3 Å². The Morgan fingerprint density at radius 3 is 0.698 bits per heavy atom. The molecule has 1 aromatic carbocycles. The molecular formula is C81H119N25O20. The fourth-order valence-electron chi connectivity index (χ4n) is 20.6. The molecule has 0 saturated carbocycles. The molecule has 45 nitrogen and oxygen atoms in total. The van der Waals surface area contributed by atoms with Crippen LogP contribution in [0.5, 0.6) is 0 Å². The van der Waals surface area contributed by atoms with E-state index in [1.54, 1.807) is 0 Å². The first-order valence-corrected chi connectivity index (χ1v) is 44.0. The molecule has 0 aliphatic carbocycles. The number of amides is 18. The molecule has 0 bridgehead atoms. The van der Waals surface area contributed by atoms with Crippen molar-refractivity contribution in [1.82, 2.24) is 90.7 Å². The minimum Gasteiger partial charge on any atom is -0.480 e. The van der Waals surface area contributed by atoms with Crippen LogP contribution in [0.4, 0.5) is 0 Å². The van der Waals surface area contributed by atoms with Crippen LogP contribution in [0.3, 0.4) is 0 Å². The van der Waals surface area contributed by atoms with E-state index in [1.165, 1.54) is 58.8 Å². The Morgan fingerprint density at radius 1 is 0.286 bits per heavy atom. The van der Waals surface area contributed by atoms with E-state index in [4.69, 9.17) is 45.2 Å². The van der Waals surface area contributed by atoms with Crippen molar-refractivity contribution in [1.29, 1.82) is 0 Å². The Morgan fingerprint density at radius 2 is 0.484 bits per heavy atom. The molecule has 19 atom stereocenters. The monoisotopic (exact) mass is 1760 g/mol. The number of hydrogen-bond acceptors (Lipinski definition) is 26. The standard InChI is InChI=1S/C81H119N25O20/c82-44-25-57(102(38-44)77(122)52-13-5-19-96(52)65(109)33-91-71(116)59-27-46(84)40-104(59)79(124)54-15-7-21-98(54)67(111)35-93-73(118)61-29-48(86)42-106(61)81(126)56-17-9-23-100(56)75(120)50(88)24-43-10-2-1-3-11-43)69(114)89-31-63(107)95-18-4-12-51(95)76(121)101-37-45(83)26-58(101)70(115)90-32-64(108)97-20-6-14-53(97)78(123)103-39-47(85)28-60(103)72(117)92-34-66(110)99-22-8-16-55(99)80(125)105-41-49(87)30-62(105)74(119)94-36-68(112)113/h1-3,10-11,44-62H,4-9,12-42,82-88H2,(H,89,114)(H,90,115)(H,91,116)(H,92,117)(H,93,118)(H,94,119)(H,112,113)/t44-,45-,46-,47-,48-,49-,50+,51+,52+,53+,54+,55+,56+,57+,58+,59+,60+,61+,62+/m1/s1. The summed E-state index contributed by atoms with van der Waals surface area (Å²) in [5.41, 5.74) is 45.2. The molecule has 12 saturated heterocycles. The van der Waals surface area contributed by atoms with Gasteiger partial charge in [0.15, 0.2) is 0 Å². The van der Waals surface area contributed by atoms with Gasteiger partial charge < -0.3 is 136 Å². The average molecular weight is 1760 g/mol. The second-order valence-electron chi connectivity index (χ2n) is 35.4. The quantitative estimate of drug-likeness (QED) is 0.0389. The highest BCUT2D eigenvalue weighted by atomic mass is 16.4. The Labute approximate surface area is 726 Å². The number of rotatable bonds is 27. The molecule has 1 aromatic rings. The zero-order valence-electron chi connectivity index (χ0n) is 70.6. The Balaban J connectivity index is 0.543. The molecule has 0 aromatic heterocycles. The van der Waals surface area contributed by atoms with Crippen molar-refractivity contribution >= 4 is 112 Å². The molecule has 12 aliphatic heterocycles. The van der Waals surface area contributed by atoms with Crippen molar-refractivity contribution in [3.63, 3.8) is 0 Å². The lowest BCUT2D eigenvalue weighted by Gasteiger charge is -2.33. The fraction of sp³-hybridized carbons (Fsp3) is 0.691. The summed E-state index contributed by atoms with van der Waals surface area (Å²) >= 11 is 0. The van der Waals surface area contributed by atoms with Crippen LogP contribution in [0.2, 0.25) is 0 Å². The first kappa shape index (κ1) is 92.5. The first-order chi connectivity index (χ1) is 60.2. The minimum atomic E-state index is -1.28. The lowest BCUT2D eigenvalue weighted by Crippen LogP contribution is -2.57. The highest BCUT2D eigenvalue weighted by molar-refractivity contribution is 6.02. The molecule has 18 amide bonds. The van der Waals surface area contributed by atoms with Gasteiger partial charge in [0.2, 0.25) is 106 Å². The van der Waals surface area contributed by atoms with Crippen LogP contribution in [0.15, 0.2) is 30.3 Å². The zero-order chi connectivity index (χ0) is 90.4. The van der Waals surface area contributed by atoms with Gasteiger partial charge in [-0.3, -0.25) is 91.1 Å². The number of likely N-dealkylation sites (tertiary alicyclic amines) is 12. The molecule has 13 rings (SSSR count). The predicted molar refractivity (Wildman–Crippen MR) is 441 cm³/mol. The van der Waals surface area contributed by atoms with Crippen LogP contribution in [0, 0.1) is 0 Å². The van der Waals surface area contributed by atoms with Gasteiger partial charge in [-0.25, -0.2) is 0 Å². The van der Waals surface area contributed by atoms with E-state index in [2.05, 4.69) is 31.9 Å². The largest absolute Gasteiger partial charge is 0.480 e. The van der Waals surface area contributed by atoms with E-state index >= 15 is 0 Å². The minimum absolute atomic E-state index is 0.000580. The summed E-state index contributed by atoms with van der Waals surface area (Å²) in [5.74, 6) is -12.3. The number of carboxylic acids is 1. The van der Waals surface area contributed by atoms with Crippen LogP contribution in [0.1, 0.15) is 121 Å². The maximum absolute atomic E-state index is 14.6. The van der Waals surface area contributed by atoms with Gasteiger partial charge in [-0.05, 0) is 128 Å². The Hall–Kier alpha value is -11.1. The number of nitrogens with zero attached hydrogens (tertiary/aromatic N) is 12. The molecule has 688 valence electrons. The smallest absolute Gasteiger partial charge is 0.322 e. The van der Waals surface area contributed by atoms with E-state index in [-0.39, 0.29) is 155 Å². The summed E-state index contributed by atoms with van der Waals surface area (Å²) in [6.45, 7) is -2.78. The van der Waals surface area contributed by atoms with Crippen molar-refractivity contribution in [2.75, 3.05) is 118 Å². The molecule has 126 heavy (non-hydrogen) atoms. The van der Waals surface area contributed by atoms with Crippen molar-refractivity contribution < 1.29 is 96.2 Å². The molecule has 12 heterocycles. The van der Waals surface area contributed by atoms with E-state index in [9.17, 15) is 91.1 Å². The van der Waals surface area contributed by atoms with Crippen LogP contribution in [-0.4, -0.2) is 409 Å². The summed E-state index contributed by atoms with van der Waals surface area (Å²) < 4.78 is 0. The topological polar surface area (TPSA) is 638 Å². The van der Waals surface area contributed by atoms with Crippen LogP contribution in [-0.2, 0) is 97.5 Å². The number of carboxylic acid groups (broad SMARTS) is 1. The van der Waals surface area contributed by atoms with Gasteiger partial charge in [0.05, 0.1) is 38.8 Å². The predicted octanol–water partition coefficient (Wildman–Crippen LogP) is -11.1. The molecule has 0 unspecified atom stereocenters. The molecule has 21 N–H and O–H groups in total.